The molecular formula is C18H19NO5. The molecule has 0 amide bonds. The number of ether oxygens (including phenoxy) is 2. The average Bonchev–Trinajstić information content (AvgIpc) is 2.60. The van der Waals surface area contributed by atoms with Gasteiger partial charge in [0, 0.05) is 4.92 Å². The number of esters is 1. The third kappa shape index (κ3) is 5.39. The minimum absolute atomic E-state index is 0.0420. The molecule has 0 spiro atoms. The number of carbonyl (C=O) groups is 1. The van der Waals surface area contributed by atoms with Gasteiger partial charge in [0.2, 0.25) is 6.54 Å². The zero-order valence-corrected chi connectivity index (χ0v) is 13.4. The number of hydrogen-bond donors (Lipinski definition) is 0. The highest BCUT2D eigenvalue weighted by atomic mass is 16.6. The summed E-state index contributed by atoms with van der Waals surface area (Å²) in [5.41, 5.74) is 1.71. The second-order valence-corrected chi connectivity index (χ2v) is 5.34. The number of hydrogen-bond acceptors (Lipinski definition) is 5. The summed E-state index contributed by atoms with van der Waals surface area (Å²) < 4.78 is 10.4. The van der Waals surface area contributed by atoms with Gasteiger partial charge in [-0.2, -0.15) is 0 Å². The topological polar surface area (TPSA) is 78.7 Å². The van der Waals surface area contributed by atoms with Gasteiger partial charge in [-0.1, -0.05) is 42.5 Å². The molecule has 24 heavy (non-hydrogen) atoms. The smallest absolute Gasteiger partial charge is 0.306 e. The molecule has 0 saturated carbocycles. The fraction of sp³-hybridized carbons (Fsp3) is 0.278. The summed E-state index contributed by atoms with van der Waals surface area (Å²) in [5.74, 6) is -0.417. The lowest BCUT2D eigenvalue weighted by Crippen LogP contribution is -2.17. The quantitative estimate of drug-likeness (QED) is 0.422. The fourth-order valence-corrected chi connectivity index (χ4v) is 2.35. The average molecular weight is 329 g/mol. The van der Waals surface area contributed by atoms with Crippen LogP contribution in [0.25, 0.3) is 0 Å². The number of benzene rings is 2. The van der Waals surface area contributed by atoms with Crippen LogP contribution in [0, 0.1) is 10.1 Å². The maximum absolute atomic E-state index is 11.5. The van der Waals surface area contributed by atoms with Gasteiger partial charge in [-0.3, -0.25) is 14.9 Å². The zero-order valence-electron chi connectivity index (χ0n) is 13.4. The molecule has 6 heteroatoms. The molecule has 2 rings (SSSR count). The lowest BCUT2D eigenvalue weighted by molar-refractivity contribution is -0.483. The molecule has 1 unspecified atom stereocenters. The molecule has 0 aromatic heterocycles. The van der Waals surface area contributed by atoms with Crippen LogP contribution < -0.4 is 4.74 Å². The van der Waals surface area contributed by atoms with E-state index < -0.39 is 16.8 Å². The van der Waals surface area contributed by atoms with E-state index >= 15 is 0 Å². The van der Waals surface area contributed by atoms with E-state index in [1.165, 1.54) is 7.11 Å². The van der Waals surface area contributed by atoms with Crippen molar-refractivity contribution in [1.29, 1.82) is 0 Å². The highest BCUT2D eigenvalue weighted by molar-refractivity contribution is 5.70. The molecule has 0 saturated heterocycles. The van der Waals surface area contributed by atoms with Crippen LogP contribution in [0.4, 0.5) is 0 Å². The maximum atomic E-state index is 11.5. The van der Waals surface area contributed by atoms with E-state index in [0.29, 0.717) is 17.9 Å². The largest absolute Gasteiger partial charge is 0.489 e. The highest BCUT2D eigenvalue weighted by Gasteiger charge is 2.22. The van der Waals surface area contributed by atoms with Gasteiger partial charge in [0.15, 0.2) is 0 Å². The Hall–Kier alpha value is -2.89. The van der Waals surface area contributed by atoms with Crippen molar-refractivity contribution >= 4 is 5.97 Å². The van der Waals surface area contributed by atoms with Crippen molar-refractivity contribution in [2.24, 2.45) is 0 Å². The van der Waals surface area contributed by atoms with Crippen molar-refractivity contribution < 1.29 is 19.2 Å². The molecule has 0 aliphatic rings. The van der Waals surface area contributed by atoms with E-state index in [1.807, 2.05) is 30.3 Å². The van der Waals surface area contributed by atoms with Crippen molar-refractivity contribution in [3.8, 4) is 5.75 Å². The SMILES string of the molecule is COC(=O)CC(C[N+](=O)[O-])c1cccc(OCc2ccccc2)c1. The van der Waals surface area contributed by atoms with Crippen LogP contribution >= 0.6 is 0 Å². The summed E-state index contributed by atoms with van der Waals surface area (Å²) in [7, 11) is 1.27. The van der Waals surface area contributed by atoms with Crippen LogP contribution in [0.3, 0.4) is 0 Å². The van der Waals surface area contributed by atoms with Crippen molar-refractivity contribution in [1.82, 2.24) is 0 Å². The molecule has 6 nitrogen and oxygen atoms in total. The summed E-state index contributed by atoms with van der Waals surface area (Å²) in [6.45, 7) is 0.0679. The van der Waals surface area contributed by atoms with E-state index in [1.54, 1.807) is 24.3 Å². The number of methoxy groups -OCH3 is 1. The molecule has 0 aliphatic carbocycles. The molecule has 1 atom stereocenters. The molecule has 0 heterocycles. The van der Waals surface area contributed by atoms with Gasteiger partial charge in [-0.15, -0.1) is 0 Å². The van der Waals surface area contributed by atoms with Gasteiger partial charge in [-0.05, 0) is 23.3 Å². The van der Waals surface area contributed by atoms with Gasteiger partial charge >= 0.3 is 5.97 Å². The van der Waals surface area contributed by atoms with E-state index in [4.69, 9.17) is 4.74 Å². The van der Waals surface area contributed by atoms with Gasteiger partial charge in [0.1, 0.15) is 12.4 Å². The fourth-order valence-electron chi connectivity index (χ4n) is 2.35. The normalized spacial score (nSPS) is 11.5. The van der Waals surface area contributed by atoms with Gasteiger partial charge < -0.3 is 9.47 Å². The number of carbonyl (C=O) groups excluding carboxylic acids is 1. The Labute approximate surface area is 140 Å². The van der Waals surface area contributed by atoms with E-state index in [0.717, 1.165) is 5.56 Å². The van der Waals surface area contributed by atoms with Crippen LogP contribution in [0.5, 0.6) is 5.75 Å². The molecule has 0 radical (unpaired) electrons. The Kier molecular flexibility index (Phi) is 6.31. The van der Waals surface area contributed by atoms with Crippen LogP contribution in [0.1, 0.15) is 23.5 Å². The Balaban J connectivity index is 2.10. The van der Waals surface area contributed by atoms with Gasteiger partial charge in [0.05, 0.1) is 19.4 Å². The van der Waals surface area contributed by atoms with E-state index in [2.05, 4.69) is 4.74 Å². The Bertz CT molecular complexity index is 687. The second kappa shape index (κ2) is 8.67. The Morgan fingerprint density at radius 3 is 2.58 bits per heavy atom. The Morgan fingerprint density at radius 1 is 1.17 bits per heavy atom. The summed E-state index contributed by atoms with van der Waals surface area (Å²) >= 11 is 0. The predicted octanol–water partition coefficient (Wildman–Crippen LogP) is 3.19. The van der Waals surface area contributed by atoms with Crippen LogP contribution in [0.2, 0.25) is 0 Å². The number of rotatable bonds is 8. The lowest BCUT2D eigenvalue weighted by Gasteiger charge is -2.14. The minimum atomic E-state index is -0.548. The summed E-state index contributed by atoms with van der Waals surface area (Å²) in [6.07, 6.45) is -0.0420. The summed E-state index contributed by atoms with van der Waals surface area (Å²) in [6, 6.07) is 16.7. The highest BCUT2D eigenvalue weighted by Crippen LogP contribution is 2.25. The molecule has 0 fully saturated rings. The first-order valence-electron chi connectivity index (χ1n) is 7.54. The number of nitro groups is 1. The molecule has 0 bridgehead atoms. The van der Waals surface area contributed by atoms with Crippen LogP contribution in [-0.2, 0) is 16.1 Å². The predicted molar refractivity (Wildman–Crippen MR) is 88.5 cm³/mol. The lowest BCUT2D eigenvalue weighted by atomic mass is 9.95. The van der Waals surface area contributed by atoms with Crippen molar-refractivity contribution in [2.75, 3.05) is 13.7 Å². The first kappa shape index (κ1) is 17.5. The molecule has 0 N–H and O–H groups in total. The van der Waals surface area contributed by atoms with Crippen molar-refractivity contribution in [2.45, 2.75) is 18.9 Å². The van der Waals surface area contributed by atoms with Gasteiger partial charge in [-0.25, -0.2) is 0 Å². The second-order valence-electron chi connectivity index (χ2n) is 5.34. The van der Waals surface area contributed by atoms with Crippen LogP contribution in [0.15, 0.2) is 54.6 Å². The minimum Gasteiger partial charge on any atom is -0.489 e. The van der Waals surface area contributed by atoms with Crippen molar-refractivity contribution in [3.05, 3.63) is 75.8 Å². The first-order chi connectivity index (χ1) is 11.6. The van der Waals surface area contributed by atoms with E-state index in [9.17, 15) is 14.9 Å². The molecule has 2 aromatic rings. The Morgan fingerprint density at radius 2 is 1.92 bits per heavy atom. The third-order valence-corrected chi connectivity index (χ3v) is 3.59. The van der Waals surface area contributed by atoms with Crippen molar-refractivity contribution in [3.63, 3.8) is 0 Å². The standard InChI is InChI=1S/C18H19NO5/c1-23-18(20)11-16(12-19(21)22)15-8-5-9-17(10-15)24-13-14-6-3-2-4-7-14/h2-10,16H,11-13H2,1H3. The third-order valence-electron chi connectivity index (χ3n) is 3.59. The summed E-state index contributed by atoms with van der Waals surface area (Å²) in [4.78, 5) is 21.9. The molecular weight excluding hydrogens is 310 g/mol. The summed E-state index contributed by atoms with van der Waals surface area (Å²) in [5, 5.41) is 10.9. The van der Waals surface area contributed by atoms with E-state index in [-0.39, 0.29) is 13.0 Å². The van der Waals surface area contributed by atoms with Crippen LogP contribution in [-0.4, -0.2) is 24.5 Å². The molecule has 2 aromatic carbocycles. The number of nitrogens with zero attached hydrogens (tertiary/aromatic N) is 1. The molecule has 126 valence electrons. The first-order valence-corrected chi connectivity index (χ1v) is 7.54. The zero-order chi connectivity index (χ0) is 17.4. The van der Waals surface area contributed by atoms with Gasteiger partial charge in [0.25, 0.3) is 0 Å². The molecule has 0 aliphatic heterocycles. The maximum Gasteiger partial charge on any atom is 0.306 e. The monoisotopic (exact) mass is 329 g/mol.